The van der Waals surface area contributed by atoms with Gasteiger partial charge in [0.2, 0.25) is 5.91 Å². The largest absolute Gasteiger partial charge is 0.393 e. The number of nitrogen functional groups attached to an aromatic ring is 1. The van der Waals surface area contributed by atoms with Crippen LogP contribution in [0.25, 0.3) is 0 Å². The number of nitrogens with two attached hydrogens (primary N) is 2. The van der Waals surface area contributed by atoms with Gasteiger partial charge in [-0.05, 0) is 25.0 Å². The monoisotopic (exact) mass is 320 g/mol. The molecule has 1 aliphatic carbocycles. The van der Waals surface area contributed by atoms with Crippen molar-refractivity contribution in [3.63, 3.8) is 0 Å². The molecule has 0 radical (unpaired) electrons. The van der Waals surface area contributed by atoms with Gasteiger partial charge in [-0.1, -0.05) is 19.3 Å². The van der Waals surface area contributed by atoms with Crippen molar-refractivity contribution in [2.45, 2.75) is 38.1 Å². The highest BCUT2D eigenvalue weighted by atomic mass is 16.6. The van der Waals surface area contributed by atoms with Gasteiger partial charge in [0.05, 0.1) is 10.8 Å². The topological polar surface area (TPSA) is 141 Å². The van der Waals surface area contributed by atoms with Crippen molar-refractivity contribution in [1.29, 1.82) is 0 Å². The molecule has 2 atom stereocenters. The molecule has 8 heteroatoms. The zero-order chi connectivity index (χ0) is 17.0. The number of anilines is 1. The molecular weight excluding hydrogens is 300 g/mol. The third kappa shape index (κ3) is 3.97. The molecule has 1 aliphatic rings. The molecule has 124 valence electrons. The third-order valence-corrected chi connectivity index (χ3v) is 4.19. The highest BCUT2D eigenvalue weighted by Gasteiger charge is 2.29. The van der Waals surface area contributed by atoms with Gasteiger partial charge in [-0.25, -0.2) is 0 Å². The van der Waals surface area contributed by atoms with Crippen molar-refractivity contribution < 1.29 is 14.5 Å². The number of rotatable bonds is 4. The van der Waals surface area contributed by atoms with Crippen molar-refractivity contribution >= 4 is 23.2 Å². The van der Waals surface area contributed by atoms with E-state index in [0.717, 1.165) is 25.3 Å². The van der Waals surface area contributed by atoms with Gasteiger partial charge in [-0.2, -0.15) is 0 Å². The summed E-state index contributed by atoms with van der Waals surface area (Å²) in [5, 5.41) is 13.7. The van der Waals surface area contributed by atoms with E-state index in [0.29, 0.717) is 12.8 Å². The molecule has 1 fully saturated rings. The summed E-state index contributed by atoms with van der Waals surface area (Å²) in [6, 6.07) is 3.54. The molecule has 0 heterocycles. The molecule has 1 saturated carbocycles. The summed E-state index contributed by atoms with van der Waals surface area (Å²) >= 11 is 0. The number of carbonyl (C=O) groups excluding carboxylic acids is 2. The lowest BCUT2D eigenvalue weighted by atomic mass is 9.93. The number of nitrogens with zero attached hydrogens (tertiary/aromatic N) is 1. The molecule has 0 spiro atoms. The number of hydrogen-bond acceptors (Lipinski definition) is 5. The number of amides is 2. The molecule has 0 bridgehead atoms. The van der Waals surface area contributed by atoms with Crippen molar-refractivity contribution in [2.24, 2.45) is 11.7 Å². The van der Waals surface area contributed by atoms with Gasteiger partial charge in [0.25, 0.3) is 11.6 Å². The lowest BCUT2D eigenvalue weighted by molar-refractivity contribution is -0.383. The van der Waals surface area contributed by atoms with Crippen LogP contribution in [0.5, 0.6) is 0 Å². The fourth-order valence-electron chi connectivity index (χ4n) is 2.92. The Kier molecular flexibility index (Phi) is 5.15. The summed E-state index contributed by atoms with van der Waals surface area (Å²) in [5.41, 5.74) is 10.8. The molecule has 2 unspecified atom stereocenters. The maximum absolute atomic E-state index is 12.4. The zero-order valence-corrected chi connectivity index (χ0v) is 12.7. The fraction of sp³-hybridized carbons (Fsp3) is 0.467. The molecule has 0 saturated heterocycles. The number of hydrogen-bond donors (Lipinski definition) is 3. The van der Waals surface area contributed by atoms with Crippen LogP contribution < -0.4 is 16.8 Å². The maximum atomic E-state index is 12.4. The molecule has 5 N–H and O–H groups in total. The van der Waals surface area contributed by atoms with Crippen LogP contribution in [0, 0.1) is 16.0 Å². The lowest BCUT2D eigenvalue weighted by Gasteiger charge is -2.23. The Morgan fingerprint density at radius 2 is 1.91 bits per heavy atom. The smallest absolute Gasteiger partial charge is 0.292 e. The third-order valence-electron chi connectivity index (χ3n) is 4.19. The first-order valence-corrected chi connectivity index (χ1v) is 7.54. The molecule has 2 amide bonds. The van der Waals surface area contributed by atoms with Gasteiger partial charge >= 0.3 is 0 Å². The summed E-state index contributed by atoms with van der Waals surface area (Å²) in [4.78, 5) is 34.2. The maximum Gasteiger partial charge on any atom is 0.292 e. The summed E-state index contributed by atoms with van der Waals surface area (Å²) in [6.45, 7) is 0. The predicted octanol–water partition coefficient (Wildman–Crippen LogP) is 1.34. The van der Waals surface area contributed by atoms with Crippen molar-refractivity contribution in [3.8, 4) is 0 Å². The van der Waals surface area contributed by atoms with E-state index in [9.17, 15) is 19.7 Å². The second-order valence-corrected chi connectivity index (χ2v) is 5.76. The Balaban J connectivity index is 2.18. The molecular formula is C15H20N4O4. The predicted molar refractivity (Wildman–Crippen MR) is 84.5 cm³/mol. The van der Waals surface area contributed by atoms with Gasteiger partial charge < -0.3 is 16.8 Å². The van der Waals surface area contributed by atoms with E-state index in [4.69, 9.17) is 11.5 Å². The quantitative estimate of drug-likeness (QED) is 0.332. The van der Waals surface area contributed by atoms with Crippen LogP contribution >= 0.6 is 0 Å². The van der Waals surface area contributed by atoms with E-state index in [1.54, 1.807) is 0 Å². The number of nitro groups is 1. The van der Waals surface area contributed by atoms with Crippen LogP contribution in [0.15, 0.2) is 18.2 Å². The average Bonchev–Trinajstić information content (AvgIpc) is 2.72. The highest BCUT2D eigenvalue weighted by Crippen LogP contribution is 2.25. The average molecular weight is 320 g/mol. The number of carbonyl (C=O) groups is 2. The van der Waals surface area contributed by atoms with E-state index in [2.05, 4.69) is 5.32 Å². The second-order valence-electron chi connectivity index (χ2n) is 5.76. The van der Waals surface area contributed by atoms with Crippen molar-refractivity contribution in [3.05, 3.63) is 33.9 Å². The normalized spacial score (nSPS) is 21.2. The first-order chi connectivity index (χ1) is 10.9. The minimum atomic E-state index is -0.635. The Morgan fingerprint density at radius 1 is 1.22 bits per heavy atom. The van der Waals surface area contributed by atoms with Crippen LogP contribution in [0.2, 0.25) is 0 Å². The summed E-state index contributed by atoms with van der Waals surface area (Å²) in [6.07, 6.45) is 4.09. The Hall–Kier alpha value is -2.64. The van der Waals surface area contributed by atoms with Crippen LogP contribution in [0.3, 0.4) is 0 Å². The summed E-state index contributed by atoms with van der Waals surface area (Å²) in [7, 11) is 0. The molecule has 2 rings (SSSR count). The minimum absolute atomic E-state index is 0.00368. The molecule has 0 aliphatic heterocycles. The van der Waals surface area contributed by atoms with Gasteiger partial charge in [0.1, 0.15) is 5.69 Å². The van der Waals surface area contributed by atoms with Gasteiger partial charge in [-0.15, -0.1) is 0 Å². The number of nitrogens with one attached hydrogen (secondary N) is 1. The SMILES string of the molecule is NC(=O)C1CCCCCC1NC(=O)c1ccc(N)c([N+](=O)[O-])c1. The first kappa shape index (κ1) is 16.7. The van der Waals surface area contributed by atoms with Gasteiger partial charge in [0, 0.05) is 17.7 Å². The van der Waals surface area contributed by atoms with E-state index in [1.807, 2.05) is 0 Å². The van der Waals surface area contributed by atoms with Crippen LogP contribution in [-0.2, 0) is 4.79 Å². The van der Waals surface area contributed by atoms with E-state index >= 15 is 0 Å². The minimum Gasteiger partial charge on any atom is -0.393 e. The van der Waals surface area contributed by atoms with E-state index in [-0.39, 0.29) is 23.0 Å². The first-order valence-electron chi connectivity index (χ1n) is 7.54. The molecule has 8 nitrogen and oxygen atoms in total. The van der Waals surface area contributed by atoms with Gasteiger partial charge in [-0.3, -0.25) is 19.7 Å². The van der Waals surface area contributed by atoms with Crippen LogP contribution in [0.1, 0.15) is 42.5 Å². The highest BCUT2D eigenvalue weighted by molar-refractivity contribution is 5.96. The van der Waals surface area contributed by atoms with Crippen LogP contribution in [0.4, 0.5) is 11.4 Å². The number of benzene rings is 1. The Labute approximate surface area is 133 Å². The summed E-state index contributed by atoms with van der Waals surface area (Å²) in [5.74, 6) is -1.31. The lowest BCUT2D eigenvalue weighted by Crippen LogP contribution is -2.44. The number of primary amides is 1. The fourth-order valence-corrected chi connectivity index (χ4v) is 2.92. The standard InChI is InChI=1S/C15H20N4O4/c16-11-7-6-9(8-13(11)19(22)23)15(21)18-12-5-3-1-2-4-10(12)14(17)20/h6-8,10,12H,1-5,16H2,(H2,17,20)(H,18,21). The molecule has 0 aromatic heterocycles. The molecule has 1 aromatic carbocycles. The van der Waals surface area contributed by atoms with Gasteiger partial charge in [0.15, 0.2) is 0 Å². The summed E-state index contributed by atoms with van der Waals surface area (Å²) < 4.78 is 0. The Morgan fingerprint density at radius 3 is 2.57 bits per heavy atom. The van der Waals surface area contributed by atoms with Crippen LogP contribution in [-0.4, -0.2) is 22.8 Å². The van der Waals surface area contributed by atoms with E-state index < -0.39 is 22.7 Å². The molecule has 23 heavy (non-hydrogen) atoms. The van der Waals surface area contributed by atoms with Crippen molar-refractivity contribution in [1.82, 2.24) is 5.32 Å². The molecule has 1 aromatic rings. The number of nitro benzene ring substituents is 1. The second kappa shape index (κ2) is 7.08. The van der Waals surface area contributed by atoms with E-state index in [1.165, 1.54) is 12.1 Å². The van der Waals surface area contributed by atoms with Crippen molar-refractivity contribution in [2.75, 3.05) is 5.73 Å². The zero-order valence-electron chi connectivity index (χ0n) is 12.7. The Bertz CT molecular complexity index is 632.